The molecule has 0 aliphatic heterocycles. The second kappa shape index (κ2) is 5.31. The zero-order valence-electron chi connectivity index (χ0n) is 8.47. The Kier molecular flexibility index (Phi) is 4.05. The molecule has 1 atom stereocenters. The number of carboxylic acids is 1. The molecule has 1 aromatic rings. The van der Waals surface area contributed by atoms with Crippen LogP contribution in [0.25, 0.3) is 0 Å². The molecule has 0 aromatic carbocycles. The molecule has 15 heavy (non-hydrogen) atoms. The van der Waals surface area contributed by atoms with Crippen LogP contribution in [-0.2, 0) is 0 Å². The van der Waals surface area contributed by atoms with Crippen molar-refractivity contribution in [2.45, 2.75) is 19.4 Å². The Labute approximate surface area is 87.8 Å². The maximum atomic E-state index is 10.6. The molecule has 0 fully saturated rings. The Hall–Kier alpha value is -1.62. The standard InChI is InChI=1S/C10H14N2O3/c1-7(13)2-4-11-8-3-5-12-9(6-8)10(14)15/h3,5-7,13H,2,4H2,1H3,(H,11,12)(H,14,15). The molecule has 5 nitrogen and oxygen atoms in total. The summed E-state index contributed by atoms with van der Waals surface area (Å²) in [5, 5.41) is 20.7. The van der Waals surface area contributed by atoms with Crippen molar-refractivity contribution < 1.29 is 15.0 Å². The fourth-order valence-corrected chi connectivity index (χ4v) is 1.08. The third-order valence-electron chi connectivity index (χ3n) is 1.87. The Bertz CT molecular complexity index is 339. The molecule has 1 heterocycles. The van der Waals surface area contributed by atoms with E-state index in [0.717, 1.165) is 0 Å². The number of pyridine rings is 1. The minimum atomic E-state index is -1.05. The van der Waals surface area contributed by atoms with Crippen molar-refractivity contribution >= 4 is 11.7 Å². The van der Waals surface area contributed by atoms with Gasteiger partial charge in [-0.15, -0.1) is 0 Å². The van der Waals surface area contributed by atoms with Gasteiger partial charge in [-0.1, -0.05) is 0 Å². The fraction of sp³-hybridized carbons (Fsp3) is 0.400. The lowest BCUT2D eigenvalue weighted by atomic mass is 10.2. The smallest absolute Gasteiger partial charge is 0.354 e. The van der Waals surface area contributed by atoms with Crippen molar-refractivity contribution in [3.8, 4) is 0 Å². The number of aliphatic hydroxyl groups excluding tert-OH is 1. The number of hydrogen-bond acceptors (Lipinski definition) is 4. The Morgan fingerprint density at radius 3 is 3.00 bits per heavy atom. The fourth-order valence-electron chi connectivity index (χ4n) is 1.08. The van der Waals surface area contributed by atoms with Crippen LogP contribution in [-0.4, -0.2) is 33.8 Å². The van der Waals surface area contributed by atoms with Crippen LogP contribution < -0.4 is 5.32 Å². The third-order valence-corrected chi connectivity index (χ3v) is 1.87. The summed E-state index contributed by atoms with van der Waals surface area (Å²) in [4.78, 5) is 14.3. The molecular weight excluding hydrogens is 196 g/mol. The van der Waals surface area contributed by atoms with E-state index in [1.165, 1.54) is 12.3 Å². The van der Waals surface area contributed by atoms with Crippen LogP contribution in [0, 0.1) is 0 Å². The maximum Gasteiger partial charge on any atom is 0.354 e. The van der Waals surface area contributed by atoms with Crippen molar-refractivity contribution in [2.75, 3.05) is 11.9 Å². The molecule has 1 unspecified atom stereocenters. The van der Waals surface area contributed by atoms with Gasteiger partial charge in [0.2, 0.25) is 0 Å². The van der Waals surface area contributed by atoms with Crippen LogP contribution in [0.4, 0.5) is 5.69 Å². The Morgan fingerprint density at radius 1 is 1.67 bits per heavy atom. The van der Waals surface area contributed by atoms with Gasteiger partial charge in [0.05, 0.1) is 6.10 Å². The van der Waals surface area contributed by atoms with Crippen LogP contribution >= 0.6 is 0 Å². The highest BCUT2D eigenvalue weighted by Gasteiger charge is 2.04. The molecule has 3 N–H and O–H groups in total. The zero-order valence-corrected chi connectivity index (χ0v) is 8.47. The summed E-state index contributed by atoms with van der Waals surface area (Å²) in [6, 6.07) is 3.15. The van der Waals surface area contributed by atoms with Gasteiger partial charge < -0.3 is 15.5 Å². The van der Waals surface area contributed by atoms with E-state index in [1.54, 1.807) is 13.0 Å². The molecule has 0 bridgehead atoms. The lowest BCUT2D eigenvalue weighted by Gasteiger charge is -2.07. The highest BCUT2D eigenvalue weighted by molar-refractivity contribution is 5.86. The summed E-state index contributed by atoms with van der Waals surface area (Å²) in [5.74, 6) is -1.05. The van der Waals surface area contributed by atoms with E-state index < -0.39 is 5.97 Å². The summed E-state index contributed by atoms with van der Waals surface area (Å²) >= 11 is 0. The van der Waals surface area contributed by atoms with Gasteiger partial charge in [-0.05, 0) is 25.5 Å². The summed E-state index contributed by atoms with van der Waals surface area (Å²) in [6.07, 6.45) is 1.69. The third kappa shape index (κ3) is 3.95. The molecule has 0 saturated heterocycles. The van der Waals surface area contributed by atoms with Gasteiger partial charge in [0.1, 0.15) is 5.69 Å². The number of carbonyl (C=O) groups is 1. The second-order valence-corrected chi connectivity index (χ2v) is 3.30. The van der Waals surface area contributed by atoms with Gasteiger partial charge in [0, 0.05) is 18.4 Å². The van der Waals surface area contributed by atoms with Crippen LogP contribution in [0.5, 0.6) is 0 Å². The number of nitrogens with zero attached hydrogens (tertiary/aromatic N) is 1. The van der Waals surface area contributed by atoms with Crippen molar-refractivity contribution in [3.05, 3.63) is 24.0 Å². The van der Waals surface area contributed by atoms with E-state index in [2.05, 4.69) is 10.3 Å². The van der Waals surface area contributed by atoms with Crippen LogP contribution in [0.1, 0.15) is 23.8 Å². The quantitative estimate of drug-likeness (QED) is 0.674. The first kappa shape index (κ1) is 11.5. The highest BCUT2D eigenvalue weighted by Crippen LogP contribution is 2.08. The van der Waals surface area contributed by atoms with Gasteiger partial charge in [0.25, 0.3) is 0 Å². The van der Waals surface area contributed by atoms with Gasteiger partial charge in [0.15, 0.2) is 0 Å². The van der Waals surface area contributed by atoms with E-state index in [-0.39, 0.29) is 11.8 Å². The lowest BCUT2D eigenvalue weighted by Crippen LogP contribution is -2.10. The van der Waals surface area contributed by atoms with E-state index in [4.69, 9.17) is 10.2 Å². The predicted molar refractivity (Wildman–Crippen MR) is 56.0 cm³/mol. The Balaban J connectivity index is 2.54. The molecule has 0 spiro atoms. The summed E-state index contributed by atoms with van der Waals surface area (Å²) in [7, 11) is 0. The number of carboxylic acid groups (broad SMARTS) is 1. The van der Waals surface area contributed by atoms with E-state index >= 15 is 0 Å². The summed E-state index contributed by atoms with van der Waals surface area (Å²) in [6.45, 7) is 2.30. The molecule has 0 radical (unpaired) electrons. The van der Waals surface area contributed by atoms with Gasteiger partial charge in [-0.2, -0.15) is 0 Å². The largest absolute Gasteiger partial charge is 0.477 e. The predicted octanol–water partition coefficient (Wildman–Crippen LogP) is 0.963. The number of aliphatic hydroxyl groups is 1. The van der Waals surface area contributed by atoms with Crippen molar-refractivity contribution in [2.24, 2.45) is 0 Å². The first-order valence-electron chi connectivity index (χ1n) is 4.71. The average molecular weight is 210 g/mol. The number of aromatic carboxylic acids is 1. The van der Waals surface area contributed by atoms with E-state index in [0.29, 0.717) is 18.7 Å². The van der Waals surface area contributed by atoms with Gasteiger partial charge in [-0.3, -0.25) is 0 Å². The highest BCUT2D eigenvalue weighted by atomic mass is 16.4. The molecule has 5 heteroatoms. The van der Waals surface area contributed by atoms with Gasteiger partial charge in [-0.25, -0.2) is 9.78 Å². The summed E-state index contributed by atoms with van der Waals surface area (Å²) < 4.78 is 0. The second-order valence-electron chi connectivity index (χ2n) is 3.30. The van der Waals surface area contributed by atoms with Crippen LogP contribution in [0.3, 0.4) is 0 Å². The maximum absolute atomic E-state index is 10.6. The lowest BCUT2D eigenvalue weighted by molar-refractivity contribution is 0.0690. The van der Waals surface area contributed by atoms with Crippen LogP contribution in [0.15, 0.2) is 18.3 Å². The van der Waals surface area contributed by atoms with Gasteiger partial charge >= 0.3 is 5.97 Å². The topological polar surface area (TPSA) is 82.5 Å². The van der Waals surface area contributed by atoms with E-state index in [9.17, 15) is 4.79 Å². The number of anilines is 1. The molecule has 0 aliphatic carbocycles. The van der Waals surface area contributed by atoms with Crippen molar-refractivity contribution in [3.63, 3.8) is 0 Å². The molecule has 1 rings (SSSR count). The SMILES string of the molecule is CC(O)CCNc1ccnc(C(=O)O)c1. The monoisotopic (exact) mass is 210 g/mol. The normalized spacial score (nSPS) is 12.1. The molecule has 0 aliphatic rings. The van der Waals surface area contributed by atoms with Crippen molar-refractivity contribution in [1.82, 2.24) is 4.98 Å². The average Bonchev–Trinajstić information content (AvgIpc) is 2.17. The minimum absolute atomic E-state index is 0.0112. The molecule has 0 saturated carbocycles. The number of aromatic nitrogens is 1. The summed E-state index contributed by atoms with van der Waals surface area (Å²) in [5.41, 5.74) is 0.708. The first-order valence-corrected chi connectivity index (χ1v) is 4.71. The number of rotatable bonds is 5. The molecular formula is C10H14N2O3. The zero-order chi connectivity index (χ0) is 11.3. The number of nitrogens with one attached hydrogen (secondary N) is 1. The first-order chi connectivity index (χ1) is 7.09. The van der Waals surface area contributed by atoms with E-state index in [1.807, 2.05) is 0 Å². The molecule has 82 valence electrons. The molecule has 0 amide bonds. The van der Waals surface area contributed by atoms with Crippen LogP contribution in [0.2, 0.25) is 0 Å². The Morgan fingerprint density at radius 2 is 2.40 bits per heavy atom. The number of hydrogen-bond donors (Lipinski definition) is 3. The van der Waals surface area contributed by atoms with Crippen molar-refractivity contribution in [1.29, 1.82) is 0 Å². The minimum Gasteiger partial charge on any atom is -0.477 e. The molecule has 1 aromatic heterocycles.